The normalized spacial score (nSPS) is 10.6. The maximum absolute atomic E-state index is 12.3. The number of rotatable bonds is 6. The van der Waals surface area contributed by atoms with Crippen molar-refractivity contribution < 1.29 is 14.0 Å². The SMILES string of the molecule is O=C(Cc1ccc(NC(=O)c2ccc(Br)o2)cc1)Nc1n[nH]c(-c2ccccn2)n1. The van der Waals surface area contributed by atoms with Gasteiger partial charge in [0.1, 0.15) is 5.69 Å². The molecule has 0 saturated carbocycles. The third kappa shape index (κ3) is 4.78. The number of carbonyl (C=O) groups is 2. The van der Waals surface area contributed by atoms with Crippen molar-refractivity contribution in [3.8, 4) is 11.5 Å². The Morgan fingerprint density at radius 2 is 1.87 bits per heavy atom. The first-order chi connectivity index (χ1) is 14.6. The van der Waals surface area contributed by atoms with Crippen LogP contribution in [0.3, 0.4) is 0 Å². The van der Waals surface area contributed by atoms with Gasteiger partial charge in [0.15, 0.2) is 16.3 Å². The predicted molar refractivity (Wildman–Crippen MR) is 113 cm³/mol. The van der Waals surface area contributed by atoms with Crippen molar-refractivity contribution in [2.45, 2.75) is 6.42 Å². The average molecular weight is 467 g/mol. The summed E-state index contributed by atoms with van der Waals surface area (Å²) >= 11 is 3.16. The molecular formula is C20H15BrN6O3. The van der Waals surface area contributed by atoms with Crippen LogP contribution in [0.2, 0.25) is 0 Å². The molecule has 0 spiro atoms. The van der Waals surface area contributed by atoms with Gasteiger partial charge in [-0.2, -0.15) is 4.98 Å². The molecule has 4 rings (SSSR count). The molecule has 0 aliphatic heterocycles. The number of nitrogens with one attached hydrogen (secondary N) is 3. The highest BCUT2D eigenvalue weighted by molar-refractivity contribution is 9.10. The number of aromatic nitrogens is 4. The first-order valence-corrected chi connectivity index (χ1v) is 9.65. The largest absolute Gasteiger partial charge is 0.444 e. The number of halogens is 1. The molecule has 150 valence electrons. The first kappa shape index (κ1) is 19.5. The molecule has 9 nitrogen and oxygen atoms in total. The van der Waals surface area contributed by atoms with Crippen LogP contribution in [0.1, 0.15) is 16.1 Å². The number of carbonyl (C=O) groups excluding carboxylic acids is 2. The average Bonchev–Trinajstić information content (AvgIpc) is 3.39. The van der Waals surface area contributed by atoms with Gasteiger partial charge in [0.05, 0.1) is 6.42 Å². The number of aromatic amines is 1. The summed E-state index contributed by atoms with van der Waals surface area (Å²) in [6.45, 7) is 0. The quantitative estimate of drug-likeness (QED) is 0.398. The highest BCUT2D eigenvalue weighted by Gasteiger charge is 2.12. The standard InChI is InChI=1S/C20H15BrN6O3/c21-16-9-8-15(30-16)19(29)23-13-6-4-12(5-7-13)11-17(28)24-20-25-18(26-27-20)14-3-1-2-10-22-14/h1-10H,11H2,(H,23,29)(H2,24,25,26,27,28). The second-order valence-corrected chi connectivity index (χ2v) is 6.98. The van der Waals surface area contributed by atoms with E-state index in [9.17, 15) is 9.59 Å². The van der Waals surface area contributed by atoms with Crippen LogP contribution in [0.5, 0.6) is 0 Å². The summed E-state index contributed by atoms with van der Waals surface area (Å²) in [6.07, 6.45) is 1.78. The summed E-state index contributed by atoms with van der Waals surface area (Å²) in [4.78, 5) is 32.7. The van der Waals surface area contributed by atoms with Crippen molar-refractivity contribution in [1.29, 1.82) is 0 Å². The zero-order valence-electron chi connectivity index (χ0n) is 15.4. The van der Waals surface area contributed by atoms with E-state index in [-0.39, 0.29) is 29.9 Å². The summed E-state index contributed by atoms with van der Waals surface area (Å²) in [5, 5.41) is 12.1. The minimum atomic E-state index is -0.362. The van der Waals surface area contributed by atoms with Crippen molar-refractivity contribution in [2.24, 2.45) is 0 Å². The van der Waals surface area contributed by atoms with Gasteiger partial charge in [0.25, 0.3) is 5.91 Å². The first-order valence-electron chi connectivity index (χ1n) is 8.86. The van der Waals surface area contributed by atoms with E-state index in [0.717, 1.165) is 5.56 Å². The van der Waals surface area contributed by atoms with E-state index >= 15 is 0 Å². The number of furan rings is 1. The van der Waals surface area contributed by atoms with Crippen LogP contribution in [-0.2, 0) is 11.2 Å². The Morgan fingerprint density at radius 1 is 1.03 bits per heavy atom. The molecule has 1 aromatic carbocycles. The van der Waals surface area contributed by atoms with Gasteiger partial charge in [0, 0.05) is 11.9 Å². The minimum absolute atomic E-state index is 0.132. The van der Waals surface area contributed by atoms with Crippen molar-refractivity contribution in [1.82, 2.24) is 20.2 Å². The molecule has 3 heterocycles. The molecule has 2 amide bonds. The monoisotopic (exact) mass is 466 g/mol. The van der Waals surface area contributed by atoms with Gasteiger partial charge in [-0.05, 0) is 57.9 Å². The third-order valence-corrected chi connectivity index (χ3v) is 4.44. The molecule has 0 saturated heterocycles. The summed E-state index contributed by atoms with van der Waals surface area (Å²) < 4.78 is 5.69. The lowest BCUT2D eigenvalue weighted by atomic mass is 10.1. The van der Waals surface area contributed by atoms with Gasteiger partial charge in [0.2, 0.25) is 11.9 Å². The molecule has 4 aromatic rings. The van der Waals surface area contributed by atoms with Crippen LogP contribution in [0, 0.1) is 0 Å². The summed E-state index contributed by atoms with van der Waals surface area (Å²) in [6, 6.07) is 15.6. The molecule has 0 unspecified atom stereocenters. The van der Waals surface area contributed by atoms with E-state index in [1.165, 1.54) is 0 Å². The van der Waals surface area contributed by atoms with E-state index in [4.69, 9.17) is 4.42 Å². The molecule has 3 aromatic heterocycles. The Morgan fingerprint density at radius 3 is 2.57 bits per heavy atom. The lowest BCUT2D eigenvalue weighted by molar-refractivity contribution is -0.115. The van der Waals surface area contributed by atoms with Crippen molar-refractivity contribution in [3.05, 3.63) is 76.8 Å². The summed E-state index contributed by atoms with van der Waals surface area (Å²) in [5.74, 6) is 0.212. The van der Waals surface area contributed by atoms with Crippen LogP contribution in [-0.4, -0.2) is 32.0 Å². The number of nitrogens with zero attached hydrogens (tertiary/aromatic N) is 3. The second-order valence-electron chi connectivity index (χ2n) is 6.20. The number of pyridine rings is 1. The molecule has 30 heavy (non-hydrogen) atoms. The molecule has 0 bridgehead atoms. The van der Waals surface area contributed by atoms with Crippen LogP contribution < -0.4 is 10.6 Å². The zero-order chi connectivity index (χ0) is 20.9. The molecule has 0 fully saturated rings. The fourth-order valence-corrected chi connectivity index (χ4v) is 2.93. The zero-order valence-corrected chi connectivity index (χ0v) is 17.0. The van der Waals surface area contributed by atoms with Gasteiger partial charge in [-0.15, -0.1) is 5.10 Å². The predicted octanol–water partition coefficient (Wildman–Crippen LogP) is 3.66. The molecule has 0 aliphatic rings. The Bertz CT molecular complexity index is 1170. The third-order valence-electron chi connectivity index (χ3n) is 4.02. The lowest BCUT2D eigenvalue weighted by Gasteiger charge is -2.05. The number of hydrogen-bond acceptors (Lipinski definition) is 6. The molecule has 10 heteroatoms. The number of amides is 2. The van der Waals surface area contributed by atoms with E-state index in [1.54, 1.807) is 54.7 Å². The highest BCUT2D eigenvalue weighted by Crippen LogP contribution is 2.17. The lowest BCUT2D eigenvalue weighted by Crippen LogP contribution is -2.15. The smallest absolute Gasteiger partial charge is 0.291 e. The summed E-state index contributed by atoms with van der Waals surface area (Å²) in [7, 11) is 0. The Hall–Kier alpha value is -3.79. The van der Waals surface area contributed by atoms with E-state index in [2.05, 4.69) is 46.7 Å². The Labute approximate surface area is 179 Å². The fraction of sp³-hybridized carbons (Fsp3) is 0.0500. The molecule has 0 atom stereocenters. The number of H-pyrrole nitrogens is 1. The van der Waals surface area contributed by atoms with E-state index < -0.39 is 0 Å². The maximum atomic E-state index is 12.3. The van der Waals surface area contributed by atoms with Crippen LogP contribution in [0.4, 0.5) is 11.6 Å². The number of benzene rings is 1. The summed E-state index contributed by atoms with van der Waals surface area (Å²) in [5.41, 5.74) is 1.99. The molecule has 0 radical (unpaired) electrons. The number of hydrogen-bond donors (Lipinski definition) is 3. The molecular weight excluding hydrogens is 452 g/mol. The second kappa shape index (κ2) is 8.70. The topological polar surface area (TPSA) is 126 Å². The highest BCUT2D eigenvalue weighted by atomic mass is 79.9. The van der Waals surface area contributed by atoms with Gasteiger partial charge < -0.3 is 9.73 Å². The fourth-order valence-electron chi connectivity index (χ4n) is 2.62. The molecule has 3 N–H and O–H groups in total. The maximum Gasteiger partial charge on any atom is 0.291 e. The van der Waals surface area contributed by atoms with Gasteiger partial charge in [-0.25, -0.2) is 0 Å². The van der Waals surface area contributed by atoms with Crippen LogP contribution in [0.15, 0.2) is 69.9 Å². The van der Waals surface area contributed by atoms with E-state index in [1.807, 2.05) is 6.07 Å². The minimum Gasteiger partial charge on any atom is -0.444 e. The van der Waals surface area contributed by atoms with Crippen LogP contribution in [0.25, 0.3) is 11.5 Å². The Balaban J connectivity index is 1.33. The van der Waals surface area contributed by atoms with E-state index in [0.29, 0.717) is 21.9 Å². The van der Waals surface area contributed by atoms with Crippen LogP contribution >= 0.6 is 15.9 Å². The van der Waals surface area contributed by atoms with Crippen molar-refractivity contribution in [3.63, 3.8) is 0 Å². The molecule has 0 aliphatic carbocycles. The van der Waals surface area contributed by atoms with Crippen molar-refractivity contribution >= 4 is 39.4 Å². The Kier molecular flexibility index (Phi) is 5.66. The van der Waals surface area contributed by atoms with Gasteiger partial charge >= 0.3 is 0 Å². The van der Waals surface area contributed by atoms with Gasteiger partial charge in [-0.1, -0.05) is 18.2 Å². The van der Waals surface area contributed by atoms with Gasteiger partial charge in [-0.3, -0.25) is 25.0 Å². The number of anilines is 2. The van der Waals surface area contributed by atoms with Crippen molar-refractivity contribution in [2.75, 3.05) is 10.6 Å².